The number of fused-ring (bicyclic) bond motifs is 1. The predicted octanol–water partition coefficient (Wildman–Crippen LogP) is 2.97. The number of hydrogen-bond donors (Lipinski definition) is 1. The molecule has 2 rings (SSSR count). The molecule has 3 unspecified atom stereocenters. The van der Waals surface area contributed by atoms with E-state index >= 15 is 0 Å². The van der Waals surface area contributed by atoms with E-state index < -0.39 is 5.97 Å². The third-order valence-electron chi connectivity index (χ3n) is 4.87. The van der Waals surface area contributed by atoms with E-state index in [2.05, 4.69) is 13.2 Å². The van der Waals surface area contributed by atoms with E-state index in [9.17, 15) is 9.59 Å². The number of carboxylic acid groups (broad SMARTS) is 1. The summed E-state index contributed by atoms with van der Waals surface area (Å²) in [5.41, 5.74) is 1.08. The maximum Gasteiger partial charge on any atom is 0.331 e. The highest BCUT2D eigenvalue weighted by atomic mass is 16.4. The SMILES string of the molecule is C=C(C(=O)O)C1CCC2(C)C(=O)CCC(=C)C2C1. The minimum absolute atomic E-state index is 0.0109. The number of carboxylic acids is 1. The van der Waals surface area contributed by atoms with Crippen LogP contribution in [0.1, 0.15) is 39.0 Å². The van der Waals surface area contributed by atoms with E-state index in [-0.39, 0.29) is 22.8 Å². The van der Waals surface area contributed by atoms with E-state index in [0.29, 0.717) is 18.6 Å². The van der Waals surface area contributed by atoms with Crippen LogP contribution in [0.15, 0.2) is 24.3 Å². The number of aliphatic carboxylic acids is 1. The van der Waals surface area contributed by atoms with Crippen LogP contribution in [0.4, 0.5) is 0 Å². The van der Waals surface area contributed by atoms with Gasteiger partial charge in [0, 0.05) is 17.4 Å². The van der Waals surface area contributed by atoms with Crippen LogP contribution in [0.3, 0.4) is 0 Å². The summed E-state index contributed by atoms with van der Waals surface area (Å²) in [6, 6.07) is 0. The third-order valence-corrected chi connectivity index (χ3v) is 4.87. The molecule has 0 amide bonds. The Balaban J connectivity index is 2.22. The highest BCUT2D eigenvalue weighted by molar-refractivity contribution is 5.88. The lowest BCUT2D eigenvalue weighted by Gasteiger charge is -2.47. The smallest absolute Gasteiger partial charge is 0.331 e. The first-order valence-corrected chi connectivity index (χ1v) is 6.49. The molecule has 3 heteroatoms. The Kier molecular flexibility index (Phi) is 3.18. The number of ketones is 1. The van der Waals surface area contributed by atoms with Crippen LogP contribution in [0, 0.1) is 17.3 Å². The van der Waals surface area contributed by atoms with Crippen molar-refractivity contribution in [3.63, 3.8) is 0 Å². The monoisotopic (exact) mass is 248 g/mol. The summed E-state index contributed by atoms with van der Waals surface area (Å²) >= 11 is 0. The van der Waals surface area contributed by atoms with Crippen LogP contribution in [0.2, 0.25) is 0 Å². The zero-order valence-electron chi connectivity index (χ0n) is 10.9. The highest BCUT2D eigenvalue weighted by Crippen LogP contribution is 2.52. The number of rotatable bonds is 2. The molecule has 1 N–H and O–H groups in total. The summed E-state index contributed by atoms with van der Waals surface area (Å²) in [5, 5.41) is 9.02. The Morgan fingerprint density at radius 1 is 1.44 bits per heavy atom. The minimum Gasteiger partial charge on any atom is -0.478 e. The normalized spacial score (nSPS) is 36.1. The lowest BCUT2D eigenvalue weighted by atomic mass is 9.55. The Morgan fingerprint density at radius 2 is 2.11 bits per heavy atom. The minimum atomic E-state index is -0.920. The Morgan fingerprint density at radius 3 is 2.72 bits per heavy atom. The quantitative estimate of drug-likeness (QED) is 0.603. The van der Waals surface area contributed by atoms with Gasteiger partial charge in [0.25, 0.3) is 0 Å². The van der Waals surface area contributed by atoms with Gasteiger partial charge in [-0.05, 0) is 37.5 Å². The molecule has 0 aromatic rings. The lowest BCUT2D eigenvalue weighted by molar-refractivity contribution is -0.135. The zero-order valence-corrected chi connectivity index (χ0v) is 10.9. The fourth-order valence-electron chi connectivity index (χ4n) is 3.49. The molecule has 0 spiro atoms. The third kappa shape index (κ3) is 1.92. The van der Waals surface area contributed by atoms with Crippen LogP contribution >= 0.6 is 0 Å². The molecule has 2 saturated carbocycles. The maximum absolute atomic E-state index is 12.1. The van der Waals surface area contributed by atoms with Crippen molar-refractivity contribution in [3.05, 3.63) is 24.3 Å². The Labute approximate surface area is 108 Å². The van der Waals surface area contributed by atoms with Gasteiger partial charge in [0.1, 0.15) is 5.78 Å². The molecule has 0 aromatic carbocycles. The van der Waals surface area contributed by atoms with Gasteiger partial charge in [0.15, 0.2) is 0 Å². The topological polar surface area (TPSA) is 54.4 Å². The van der Waals surface area contributed by atoms with Crippen molar-refractivity contribution in [1.82, 2.24) is 0 Å². The zero-order chi connectivity index (χ0) is 13.5. The fraction of sp³-hybridized carbons (Fsp3) is 0.600. The van der Waals surface area contributed by atoms with Crippen LogP contribution in [0.25, 0.3) is 0 Å². The van der Waals surface area contributed by atoms with Gasteiger partial charge >= 0.3 is 5.97 Å². The van der Waals surface area contributed by atoms with E-state index in [1.54, 1.807) is 0 Å². The largest absolute Gasteiger partial charge is 0.478 e. The summed E-state index contributed by atoms with van der Waals surface area (Å²) in [4.78, 5) is 23.1. The molecule has 0 aromatic heterocycles. The van der Waals surface area contributed by atoms with Gasteiger partial charge in [-0.15, -0.1) is 0 Å². The molecular weight excluding hydrogens is 228 g/mol. The van der Waals surface area contributed by atoms with Crippen molar-refractivity contribution in [1.29, 1.82) is 0 Å². The standard InChI is InChI=1S/C15H20O3/c1-9-4-5-13(16)15(3)7-6-11(8-12(9)15)10(2)14(17)18/h11-12H,1-2,4-8H2,3H3,(H,17,18). The maximum atomic E-state index is 12.1. The molecule has 0 aliphatic heterocycles. The fourth-order valence-corrected chi connectivity index (χ4v) is 3.49. The van der Waals surface area contributed by atoms with Crippen molar-refractivity contribution in [2.75, 3.05) is 0 Å². The van der Waals surface area contributed by atoms with Gasteiger partial charge in [-0.1, -0.05) is 25.7 Å². The first-order valence-electron chi connectivity index (χ1n) is 6.49. The predicted molar refractivity (Wildman–Crippen MR) is 69.1 cm³/mol. The van der Waals surface area contributed by atoms with Crippen molar-refractivity contribution in [3.8, 4) is 0 Å². The number of carbonyl (C=O) groups excluding carboxylic acids is 1. The second kappa shape index (κ2) is 4.38. The first-order chi connectivity index (χ1) is 8.36. The van der Waals surface area contributed by atoms with Crippen molar-refractivity contribution < 1.29 is 14.7 Å². The van der Waals surface area contributed by atoms with Gasteiger partial charge in [-0.2, -0.15) is 0 Å². The Bertz CT molecular complexity index is 435. The molecule has 0 radical (unpaired) electrons. The molecule has 3 atom stereocenters. The first kappa shape index (κ1) is 13.1. The Hall–Kier alpha value is -1.38. The van der Waals surface area contributed by atoms with E-state index in [4.69, 9.17) is 5.11 Å². The van der Waals surface area contributed by atoms with Gasteiger partial charge in [0.2, 0.25) is 0 Å². The van der Waals surface area contributed by atoms with Gasteiger partial charge < -0.3 is 5.11 Å². The number of allylic oxidation sites excluding steroid dienone is 1. The highest BCUT2D eigenvalue weighted by Gasteiger charge is 2.48. The van der Waals surface area contributed by atoms with Crippen LogP contribution < -0.4 is 0 Å². The summed E-state index contributed by atoms with van der Waals surface area (Å²) in [6.45, 7) is 9.77. The lowest BCUT2D eigenvalue weighted by Crippen LogP contribution is -2.45. The van der Waals surface area contributed by atoms with Crippen molar-refractivity contribution in [2.24, 2.45) is 17.3 Å². The molecule has 0 saturated heterocycles. The average molecular weight is 248 g/mol. The van der Waals surface area contributed by atoms with Gasteiger partial charge in [-0.25, -0.2) is 4.79 Å². The van der Waals surface area contributed by atoms with Crippen molar-refractivity contribution in [2.45, 2.75) is 39.0 Å². The number of Topliss-reactive ketones (excluding diaryl/α,β-unsaturated/α-hetero) is 1. The number of carbonyl (C=O) groups is 2. The molecule has 0 bridgehead atoms. The summed E-state index contributed by atoms with van der Waals surface area (Å²) in [6.07, 6.45) is 3.57. The molecule has 2 aliphatic carbocycles. The van der Waals surface area contributed by atoms with Gasteiger partial charge in [0.05, 0.1) is 0 Å². The molecule has 18 heavy (non-hydrogen) atoms. The average Bonchev–Trinajstić information content (AvgIpc) is 2.33. The number of hydrogen-bond acceptors (Lipinski definition) is 2. The van der Waals surface area contributed by atoms with E-state index in [1.165, 1.54) is 0 Å². The van der Waals surface area contributed by atoms with Crippen LogP contribution in [-0.2, 0) is 9.59 Å². The van der Waals surface area contributed by atoms with Gasteiger partial charge in [-0.3, -0.25) is 4.79 Å². The summed E-state index contributed by atoms with van der Waals surface area (Å²) < 4.78 is 0. The molecule has 3 nitrogen and oxygen atoms in total. The summed E-state index contributed by atoms with van der Waals surface area (Å²) in [5.74, 6) is -0.479. The van der Waals surface area contributed by atoms with E-state index in [1.807, 2.05) is 6.92 Å². The van der Waals surface area contributed by atoms with Crippen molar-refractivity contribution >= 4 is 11.8 Å². The molecular formula is C15H20O3. The second-order valence-corrected chi connectivity index (χ2v) is 5.85. The van der Waals surface area contributed by atoms with Crippen LogP contribution in [-0.4, -0.2) is 16.9 Å². The van der Waals surface area contributed by atoms with Crippen LogP contribution in [0.5, 0.6) is 0 Å². The summed E-state index contributed by atoms with van der Waals surface area (Å²) in [7, 11) is 0. The second-order valence-electron chi connectivity index (χ2n) is 5.85. The molecule has 98 valence electrons. The molecule has 0 heterocycles. The molecule has 2 fully saturated rings. The van der Waals surface area contributed by atoms with E-state index in [0.717, 1.165) is 24.8 Å². The molecule has 2 aliphatic rings.